The molecular formula is C14H24N4. The molecule has 0 saturated carbocycles. The van der Waals surface area contributed by atoms with Crippen molar-refractivity contribution in [1.29, 1.82) is 0 Å². The second kappa shape index (κ2) is 9.45. The van der Waals surface area contributed by atoms with Gasteiger partial charge in [0.2, 0.25) is 0 Å². The molecular weight excluding hydrogens is 224 g/mol. The van der Waals surface area contributed by atoms with E-state index in [4.69, 9.17) is 0 Å². The van der Waals surface area contributed by atoms with Crippen LogP contribution in [0.5, 0.6) is 0 Å². The fourth-order valence-corrected chi connectivity index (χ4v) is 1.55. The second-order valence-corrected chi connectivity index (χ2v) is 4.33. The van der Waals surface area contributed by atoms with E-state index < -0.39 is 0 Å². The van der Waals surface area contributed by atoms with Crippen LogP contribution in [0.1, 0.15) is 45.2 Å². The minimum Gasteiger partial charge on any atom is -0.348 e. The molecule has 0 bridgehead atoms. The first-order chi connectivity index (χ1) is 8.86. The molecule has 0 amide bonds. The van der Waals surface area contributed by atoms with Crippen molar-refractivity contribution in [3.05, 3.63) is 36.9 Å². The Morgan fingerprint density at radius 3 is 2.56 bits per heavy atom. The second-order valence-electron chi connectivity index (χ2n) is 4.33. The van der Waals surface area contributed by atoms with Crippen LogP contribution in [0.3, 0.4) is 0 Å². The van der Waals surface area contributed by atoms with Crippen molar-refractivity contribution < 1.29 is 0 Å². The highest BCUT2D eigenvalue weighted by molar-refractivity contribution is 4.93. The molecule has 0 aliphatic rings. The zero-order valence-electron chi connectivity index (χ0n) is 11.5. The van der Waals surface area contributed by atoms with Gasteiger partial charge in [0.25, 0.3) is 0 Å². The van der Waals surface area contributed by atoms with Crippen LogP contribution < -0.4 is 0 Å². The first-order valence-corrected chi connectivity index (χ1v) is 6.79. The maximum absolute atomic E-state index is 3.94. The first kappa shape index (κ1) is 14.5. The SMILES string of the molecule is CCCCc1cnc[nH]1.CCCCn1ccnc1. The number of hydrogen-bond acceptors (Lipinski definition) is 2. The van der Waals surface area contributed by atoms with E-state index in [1.807, 2.05) is 24.9 Å². The number of unbranched alkanes of at least 4 members (excludes halogenated alkanes) is 2. The molecule has 0 aliphatic carbocycles. The van der Waals surface area contributed by atoms with E-state index >= 15 is 0 Å². The van der Waals surface area contributed by atoms with Gasteiger partial charge in [-0.05, 0) is 19.3 Å². The molecule has 2 aromatic heterocycles. The van der Waals surface area contributed by atoms with Crippen molar-refractivity contribution in [3.63, 3.8) is 0 Å². The quantitative estimate of drug-likeness (QED) is 0.851. The van der Waals surface area contributed by atoms with Crippen LogP contribution in [-0.4, -0.2) is 19.5 Å². The van der Waals surface area contributed by atoms with Crippen LogP contribution >= 0.6 is 0 Å². The van der Waals surface area contributed by atoms with E-state index in [9.17, 15) is 0 Å². The van der Waals surface area contributed by atoms with Crippen molar-refractivity contribution in [2.45, 2.75) is 52.5 Å². The van der Waals surface area contributed by atoms with E-state index in [0.717, 1.165) is 13.0 Å². The molecule has 0 atom stereocenters. The number of nitrogens with zero attached hydrogens (tertiary/aromatic N) is 3. The molecule has 2 aromatic rings. The topological polar surface area (TPSA) is 46.5 Å². The average Bonchev–Trinajstić information content (AvgIpc) is 3.07. The molecule has 0 fully saturated rings. The number of hydrogen-bond donors (Lipinski definition) is 1. The highest BCUT2D eigenvalue weighted by atomic mass is 15.0. The Balaban J connectivity index is 0.000000180. The molecule has 0 spiro atoms. The van der Waals surface area contributed by atoms with Gasteiger partial charge in [0, 0.05) is 30.8 Å². The van der Waals surface area contributed by atoms with E-state index in [0.29, 0.717) is 0 Å². The van der Waals surface area contributed by atoms with Gasteiger partial charge in [-0.1, -0.05) is 26.7 Å². The van der Waals surface area contributed by atoms with E-state index in [-0.39, 0.29) is 0 Å². The first-order valence-electron chi connectivity index (χ1n) is 6.79. The Kier molecular flexibility index (Phi) is 7.60. The summed E-state index contributed by atoms with van der Waals surface area (Å²) in [7, 11) is 0. The monoisotopic (exact) mass is 248 g/mol. The molecule has 0 saturated heterocycles. The minimum atomic E-state index is 1.11. The Bertz CT molecular complexity index is 326. The molecule has 0 aliphatic heterocycles. The third-order valence-corrected chi connectivity index (χ3v) is 2.68. The Hall–Kier alpha value is -1.58. The molecule has 4 nitrogen and oxygen atoms in total. The summed E-state index contributed by atoms with van der Waals surface area (Å²) in [4.78, 5) is 10.9. The van der Waals surface area contributed by atoms with Crippen LogP contribution in [0.4, 0.5) is 0 Å². The zero-order valence-corrected chi connectivity index (χ0v) is 11.5. The van der Waals surface area contributed by atoms with Crippen LogP contribution in [0.2, 0.25) is 0 Å². The van der Waals surface area contributed by atoms with Gasteiger partial charge >= 0.3 is 0 Å². The van der Waals surface area contributed by atoms with Gasteiger partial charge in [-0.2, -0.15) is 0 Å². The van der Waals surface area contributed by atoms with Crippen molar-refractivity contribution in [1.82, 2.24) is 19.5 Å². The summed E-state index contributed by atoms with van der Waals surface area (Å²) in [5.74, 6) is 0. The number of aryl methyl sites for hydroxylation is 2. The van der Waals surface area contributed by atoms with Crippen LogP contribution in [0.15, 0.2) is 31.2 Å². The molecule has 100 valence electrons. The lowest BCUT2D eigenvalue weighted by atomic mass is 10.2. The average molecular weight is 248 g/mol. The summed E-state index contributed by atoms with van der Waals surface area (Å²) in [5.41, 5.74) is 1.25. The standard InChI is InChI=1S/2C7H12N2/c1-2-3-5-9-6-4-8-7-9;1-2-3-4-7-5-8-6-9-7/h4,6-7H,2-3,5H2,1H3;5-6H,2-4H2,1H3,(H,8,9). The number of imidazole rings is 2. The zero-order chi connectivity index (χ0) is 13.1. The molecule has 0 radical (unpaired) electrons. The summed E-state index contributed by atoms with van der Waals surface area (Å²) in [5, 5.41) is 0. The highest BCUT2D eigenvalue weighted by Crippen LogP contribution is 1.98. The van der Waals surface area contributed by atoms with Gasteiger partial charge in [0.15, 0.2) is 0 Å². The van der Waals surface area contributed by atoms with Gasteiger partial charge in [0.05, 0.1) is 12.7 Å². The summed E-state index contributed by atoms with van der Waals surface area (Å²) in [6.45, 7) is 5.49. The largest absolute Gasteiger partial charge is 0.348 e. The summed E-state index contributed by atoms with van der Waals surface area (Å²) in [6, 6.07) is 0. The Morgan fingerprint density at radius 1 is 1.17 bits per heavy atom. The normalized spacial score (nSPS) is 9.89. The summed E-state index contributed by atoms with van der Waals surface area (Å²) >= 11 is 0. The highest BCUT2D eigenvalue weighted by Gasteiger charge is 1.89. The third kappa shape index (κ3) is 6.23. The lowest BCUT2D eigenvalue weighted by Crippen LogP contribution is -1.92. The summed E-state index contributed by atoms with van der Waals surface area (Å²) in [6.07, 6.45) is 15.4. The van der Waals surface area contributed by atoms with Crippen LogP contribution in [0, 0.1) is 0 Å². The van der Waals surface area contributed by atoms with Crippen LogP contribution in [-0.2, 0) is 13.0 Å². The number of nitrogens with one attached hydrogen (secondary N) is 1. The van der Waals surface area contributed by atoms with Crippen molar-refractivity contribution >= 4 is 0 Å². The van der Waals surface area contributed by atoms with Gasteiger partial charge in [-0.15, -0.1) is 0 Å². The van der Waals surface area contributed by atoms with E-state index in [1.54, 1.807) is 6.33 Å². The number of aromatic nitrogens is 4. The van der Waals surface area contributed by atoms with Crippen molar-refractivity contribution in [2.75, 3.05) is 0 Å². The van der Waals surface area contributed by atoms with Gasteiger partial charge < -0.3 is 9.55 Å². The van der Waals surface area contributed by atoms with Gasteiger partial charge in [-0.25, -0.2) is 9.97 Å². The van der Waals surface area contributed by atoms with Gasteiger partial charge in [0.1, 0.15) is 0 Å². The minimum absolute atomic E-state index is 1.11. The van der Waals surface area contributed by atoms with Crippen LogP contribution in [0.25, 0.3) is 0 Å². The van der Waals surface area contributed by atoms with E-state index in [1.165, 1.54) is 31.4 Å². The van der Waals surface area contributed by atoms with Gasteiger partial charge in [-0.3, -0.25) is 0 Å². The maximum atomic E-state index is 3.94. The Morgan fingerprint density at radius 2 is 2.00 bits per heavy atom. The predicted octanol–water partition coefficient (Wildman–Crippen LogP) is 3.44. The molecule has 4 heteroatoms. The Labute approximate surface area is 109 Å². The van der Waals surface area contributed by atoms with E-state index in [2.05, 4.69) is 33.4 Å². The van der Waals surface area contributed by atoms with Crippen molar-refractivity contribution in [3.8, 4) is 0 Å². The lowest BCUT2D eigenvalue weighted by Gasteiger charge is -1.96. The third-order valence-electron chi connectivity index (χ3n) is 2.68. The fraction of sp³-hybridized carbons (Fsp3) is 0.571. The molecule has 2 heterocycles. The predicted molar refractivity (Wildman–Crippen MR) is 74.3 cm³/mol. The lowest BCUT2D eigenvalue weighted by molar-refractivity contribution is 0.631. The summed E-state index contributed by atoms with van der Waals surface area (Å²) < 4.78 is 2.10. The number of aromatic amines is 1. The van der Waals surface area contributed by atoms with Crippen molar-refractivity contribution in [2.24, 2.45) is 0 Å². The smallest absolute Gasteiger partial charge is 0.0945 e. The number of rotatable bonds is 6. The maximum Gasteiger partial charge on any atom is 0.0945 e. The molecule has 0 unspecified atom stereocenters. The molecule has 2 rings (SSSR count). The molecule has 1 N–H and O–H groups in total. The molecule has 18 heavy (non-hydrogen) atoms. The fourth-order valence-electron chi connectivity index (χ4n) is 1.55. The molecule has 0 aromatic carbocycles. The number of H-pyrrole nitrogens is 1.